The molecule has 0 aromatic heterocycles. The maximum absolute atomic E-state index is 13.1. The first-order chi connectivity index (χ1) is 9.71. The molecule has 0 spiro atoms. The lowest BCUT2D eigenvalue weighted by Crippen LogP contribution is -2.57. The Morgan fingerprint density at radius 3 is 1.82 bits per heavy atom. The van der Waals surface area contributed by atoms with Crippen LogP contribution in [-0.4, -0.2) is 28.8 Å². The van der Waals surface area contributed by atoms with Crippen LogP contribution in [0.15, 0.2) is 12.1 Å². The molecule has 0 aliphatic carbocycles. The van der Waals surface area contributed by atoms with Gasteiger partial charge in [0, 0.05) is 19.1 Å². The van der Waals surface area contributed by atoms with Crippen LogP contribution in [0, 0.1) is 11.6 Å². The van der Waals surface area contributed by atoms with Gasteiger partial charge >= 0.3 is 23.7 Å². The number of hydrogen-bond acceptors (Lipinski definition) is 3. The van der Waals surface area contributed by atoms with Gasteiger partial charge in [-0.05, 0) is 0 Å². The first-order valence-corrected chi connectivity index (χ1v) is 5.25. The predicted molar refractivity (Wildman–Crippen MR) is 54.2 cm³/mol. The fraction of sp³-hybridized carbons (Fsp3) is 0.364. The van der Waals surface area contributed by atoms with Crippen molar-refractivity contribution in [3.63, 3.8) is 0 Å². The third-order valence-electron chi connectivity index (χ3n) is 2.40. The second kappa shape index (κ2) is 5.29. The molecule has 0 saturated heterocycles. The van der Waals surface area contributed by atoms with Crippen LogP contribution in [0.4, 0.5) is 35.1 Å². The summed E-state index contributed by atoms with van der Waals surface area (Å²) in [6, 6.07) is 0.0449. The van der Waals surface area contributed by atoms with Gasteiger partial charge in [0.25, 0.3) is 0 Å². The third-order valence-corrected chi connectivity index (χ3v) is 2.40. The summed E-state index contributed by atoms with van der Waals surface area (Å²) in [4.78, 5) is 10.9. The number of carbonyl (C=O) groups is 1. The lowest BCUT2D eigenvalue weighted by atomic mass is 10.1. The number of esters is 1. The molecule has 1 rings (SSSR count). The molecule has 0 atom stereocenters. The molecule has 0 aliphatic rings. The van der Waals surface area contributed by atoms with E-state index in [1.807, 2.05) is 0 Å². The van der Waals surface area contributed by atoms with Gasteiger partial charge in [0.2, 0.25) is 0 Å². The van der Waals surface area contributed by atoms with Gasteiger partial charge in [-0.3, -0.25) is 0 Å². The summed E-state index contributed by atoms with van der Waals surface area (Å²) in [5.41, 5.74) is 0. The van der Waals surface area contributed by atoms with Gasteiger partial charge in [-0.2, -0.15) is 26.3 Å². The number of carbonyl (C=O) groups excluding carboxylic acids is 1. The van der Waals surface area contributed by atoms with E-state index in [9.17, 15) is 39.9 Å². The Labute approximate surface area is 117 Å². The number of alkyl halides is 6. The van der Waals surface area contributed by atoms with Gasteiger partial charge in [-0.25, -0.2) is 13.6 Å². The maximum atomic E-state index is 13.1. The second-order valence-electron chi connectivity index (χ2n) is 4.16. The Bertz CT molecular complexity index is 570. The van der Waals surface area contributed by atoms with Crippen molar-refractivity contribution in [2.24, 2.45) is 0 Å². The minimum atomic E-state index is -6.11. The van der Waals surface area contributed by atoms with E-state index in [-0.39, 0.29) is 12.1 Å². The molecular formula is C11H6F8O3. The van der Waals surface area contributed by atoms with E-state index in [4.69, 9.17) is 5.11 Å². The topological polar surface area (TPSA) is 46.5 Å². The Morgan fingerprint density at radius 2 is 1.45 bits per heavy atom. The largest absolute Gasteiger partial charge is 0.503 e. The van der Waals surface area contributed by atoms with Crippen LogP contribution in [0.5, 0.6) is 11.5 Å². The van der Waals surface area contributed by atoms with Crippen molar-refractivity contribution < 1.29 is 49.8 Å². The average molecular weight is 338 g/mol. The summed E-state index contributed by atoms with van der Waals surface area (Å²) in [5, 5.41) is 8.70. The minimum absolute atomic E-state index is 0.0224. The zero-order valence-corrected chi connectivity index (χ0v) is 10.4. The molecule has 0 saturated carbocycles. The minimum Gasteiger partial charge on any atom is -0.503 e. The van der Waals surface area contributed by atoms with Crippen LogP contribution >= 0.6 is 0 Å². The van der Waals surface area contributed by atoms with Gasteiger partial charge in [0.05, 0.1) is 0 Å². The molecule has 0 heterocycles. The molecule has 0 fully saturated rings. The monoisotopic (exact) mass is 338 g/mol. The van der Waals surface area contributed by atoms with Crippen molar-refractivity contribution in [1.82, 2.24) is 0 Å². The van der Waals surface area contributed by atoms with Crippen molar-refractivity contribution in [2.75, 3.05) is 0 Å². The smallest absolute Gasteiger partial charge is 0.411 e. The Morgan fingerprint density at radius 1 is 1.05 bits per heavy atom. The number of ether oxygens (including phenoxy) is 1. The van der Waals surface area contributed by atoms with E-state index in [2.05, 4.69) is 4.74 Å². The van der Waals surface area contributed by atoms with Crippen molar-refractivity contribution in [3.05, 3.63) is 23.8 Å². The summed E-state index contributed by atoms with van der Waals surface area (Å²) in [6.07, 6.45) is 0. The number of halogens is 8. The SMILES string of the molecule is CC(F)(F)C(F)(F)C(F)(F)C(=O)Oc1cc(F)c(O)c(F)c1. The van der Waals surface area contributed by atoms with E-state index in [0.717, 1.165) is 0 Å². The van der Waals surface area contributed by atoms with Crippen LogP contribution in [0.1, 0.15) is 6.92 Å². The fourth-order valence-corrected chi connectivity index (χ4v) is 1.18. The van der Waals surface area contributed by atoms with Crippen molar-refractivity contribution in [3.8, 4) is 11.5 Å². The highest BCUT2D eigenvalue weighted by Crippen LogP contribution is 2.46. The van der Waals surface area contributed by atoms with E-state index in [1.54, 1.807) is 0 Å². The van der Waals surface area contributed by atoms with Crippen LogP contribution in [-0.2, 0) is 4.79 Å². The molecule has 1 N–H and O–H groups in total. The lowest BCUT2D eigenvalue weighted by Gasteiger charge is -2.28. The molecule has 0 aliphatic heterocycles. The number of phenols is 1. The van der Waals surface area contributed by atoms with E-state index in [1.165, 1.54) is 0 Å². The molecule has 0 unspecified atom stereocenters. The molecule has 124 valence electrons. The quantitative estimate of drug-likeness (QED) is 0.519. The molecule has 0 amide bonds. The van der Waals surface area contributed by atoms with Gasteiger partial charge in [-0.15, -0.1) is 0 Å². The molecule has 22 heavy (non-hydrogen) atoms. The van der Waals surface area contributed by atoms with Crippen LogP contribution in [0.25, 0.3) is 0 Å². The number of aromatic hydroxyl groups is 1. The van der Waals surface area contributed by atoms with Crippen molar-refractivity contribution in [2.45, 2.75) is 24.7 Å². The fourth-order valence-electron chi connectivity index (χ4n) is 1.18. The zero-order chi connectivity index (χ0) is 17.5. The number of rotatable bonds is 4. The first-order valence-electron chi connectivity index (χ1n) is 5.25. The summed E-state index contributed by atoms with van der Waals surface area (Å²) in [7, 11) is 0. The summed E-state index contributed by atoms with van der Waals surface area (Å²) in [5.74, 6) is -26.9. The second-order valence-corrected chi connectivity index (χ2v) is 4.16. The van der Waals surface area contributed by atoms with Crippen molar-refractivity contribution >= 4 is 5.97 Å². The van der Waals surface area contributed by atoms with Crippen molar-refractivity contribution in [1.29, 1.82) is 0 Å². The summed E-state index contributed by atoms with van der Waals surface area (Å²) in [6.45, 7) is -0.548. The molecule has 0 radical (unpaired) electrons. The Hall–Kier alpha value is -2.07. The van der Waals surface area contributed by atoms with Gasteiger partial charge in [0.15, 0.2) is 17.4 Å². The zero-order valence-electron chi connectivity index (χ0n) is 10.4. The maximum Gasteiger partial charge on any atom is 0.411 e. The Balaban J connectivity index is 3.12. The number of benzene rings is 1. The van der Waals surface area contributed by atoms with Gasteiger partial charge in [-0.1, -0.05) is 0 Å². The normalized spacial score (nSPS) is 13.1. The molecule has 11 heteroatoms. The van der Waals surface area contributed by atoms with Crippen LogP contribution in [0.3, 0.4) is 0 Å². The molecule has 1 aromatic rings. The highest BCUT2D eigenvalue weighted by molar-refractivity contribution is 5.81. The lowest BCUT2D eigenvalue weighted by molar-refractivity contribution is -0.296. The number of hydrogen-bond donors (Lipinski definition) is 1. The first kappa shape index (κ1) is 18.0. The molecule has 0 bridgehead atoms. The highest BCUT2D eigenvalue weighted by atomic mass is 19.3. The average Bonchev–Trinajstić information content (AvgIpc) is 2.34. The standard InChI is InChI=1S/C11H6F8O3/c1-9(14,15)11(18,19)10(16,17)8(21)22-4-2-5(12)7(20)6(13)3-4/h2-3,20H,1H3. The van der Waals surface area contributed by atoms with Gasteiger partial charge in [0.1, 0.15) is 5.75 Å². The third kappa shape index (κ3) is 2.92. The van der Waals surface area contributed by atoms with Crippen LogP contribution < -0.4 is 4.74 Å². The molecule has 1 aromatic carbocycles. The van der Waals surface area contributed by atoms with Gasteiger partial charge < -0.3 is 9.84 Å². The molecule has 3 nitrogen and oxygen atoms in total. The van der Waals surface area contributed by atoms with E-state index >= 15 is 0 Å². The Kier molecular flexibility index (Phi) is 4.32. The number of phenolic OH excluding ortho intramolecular Hbond substituents is 1. The summed E-state index contributed by atoms with van der Waals surface area (Å²) < 4.78 is 106. The van der Waals surface area contributed by atoms with E-state index < -0.39 is 53.8 Å². The van der Waals surface area contributed by atoms with E-state index in [0.29, 0.717) is 0 Å². The summed E-state index contributed by atoms with van der Waals surface area (Å²) >= 11 is 0. The van der Waals surface area contributed by atoms with Crippen LogP contribution in [0.2, 0.25) is 0 Å². The predicted octanol–water partition coefficient (Wildman–Crippen LogP) is 3.50. The molecular weight excluding hydrogens is 332 g/mol. The highest BCUT2D eigenvalue weighted by Gasteiger charge is 2.74.